The van der Waals surface area contributed by atoms with Gasteiger partial charge in [-0.3, -0.25) is 0 Å². The zero-order valence-electron chi connectivity index (χ0n) is 11.3. The Morgan fingerprint density at radius 1 is 1.39 bits per heavy atom. The zero-order valence-corrected chi connectivity index (χ0v) is 12.8. The standard InChI is InChI=1S/C15H24ClNS/c1-2-3-4-12-7-9-15(17,10-8-12)11-13-5-6-14(16)18-13/h5-6,12H,2-4,7-11,17H2,1H3. The molecule has 1 aliphatic carbocycles. The third-order valence-corrected chi connectivity index (χ3v) is 5.45. The largest absolute Gasteiger partial charge is 0.325 e. The molecule has 1 aliphatic rings. The van der Waals surface area contributed by atoms with Gasteiger partial charge in [0.25, 0.3) is 0 Å². The Hall–Kier alpha value is -0.0500. The van der Waals surface area contributed by atoms with Crippen LogP contribution in [0.25, 0.3) is 0 Å². The van der Waals surface area contributed by atoms with Crippen LogP contribution >= 0.6 is 22.9 Å². The van der Waals surface area contributed by atoms with Gasteiger partial charge in [0.05, 0.1) is 4.34 Å². The molecule has 1 heterocycles. The number of halogens is 1. The van der Waals surface area contributed by atoms with Gasteiger partial charge in [-0.25, -0.2) is 0 Å². The number of nitrogens with two attached hydrogens (primary N) is 1. The predicted octanol–water partition coefficient (Wildman–Crippen LogP) is 5.02. The summed E-state index contributed by atoms with van der Waals surface area (Å²) in [7, 11) is 0. The summed E-state index contributed by atoms with van der Waals surface area (Å²) < 4.78 is 0.880. The van der Waals surface area contributed by atoms with Crippen LogP contribution in [0.2, 0.25) is 4.34 Å². The van der Waals surface area contributed by atoms with Gasteiger partial charge in [0, 0.05) is 10.4 Å². The van der Waals surface area contributed by atoms with Crippen molar-refractivity contribution in [1.29, 1.82) is 0 Å². The van der Waals surface area contributed by atoms with Crippen LogP contribution in [0.15, 0.2) is 12.1 Å². The summed E-state index contributed by atoms with van der Waals surface area (Å²) in [4.78, 5) is 1.34. The first-order chi connectivity index (χ1) is 8.61. The van der Waals surface area contributed by atoms with Crippen molar-refractivity contribution in [2.45, 2.75) is 63.8 Å². The lowest BCUT2D eigenvalue weighted by Crippen LogP contribution is -2.45. The molecule has 1 nitrogen and oxygen atoms in total. The normalized spacial score (nSPS) is 28.5. The van der Waals surface area contributed by atoms with Crippen molar-refractivity contribution < 1.29 is 0 Å². The second-order valence-corrected chi connectivity index (χ2v) is 7.63. The molecule has 0 saturated heterocycles. The van der Waals surface area contributed by atoms with Crippen molar-refractivity contribution in [3.63, 3.8) is 0 Å². The first-order valence-corrected chi connectivity index (χ1v) is 8.34. The molecule has 18 heavy (non-hydrogen) atoms. The van der Waals surface area contributed by atoms with Gasteiger partial charge in [-0.15, -0.1) is 11.3 Å². The van der Waals surface area contributed by atoms with E-state index in [-0.39, 0.29) is 5.54 Å². The highest BCUT2D eigenvalue weighted by Gasteiger charge is 2.31. The molecule has 0 unspecified atom stereocenters. The fraction of sp³-hybridized carbons (Fsp3) is 0.733. The Labute approximate surface area is 120 Å². The Morgan fingerprint density at radius 3 is 2.67 bits per heavy atom. The predicted molar refractivity (Wildman–Crippen MR) is 81.4 cm³/mol. The Morgan fingerprint density at radius 2 is 2.11 bits per heavy atom. The maximum Gasteiger partial charge on any atom is 0.0931 e. The van der Waals surface area contributed by atoms with Crippen LogP contribution in [0.3, 0.4) is 0 Å². The summed E-state index contributed by atoms with van der Waals surface area (Å²) in [6, 6.07) is 4.11. The van der Waals surface area contributed by atoms with E-state index in [2.05, 4.69) is 13.0 Å². The number of unbranched alkanes of at least 4 members (excludes halogenated alkanes) is 1. The maximum absolute atomic E-state index is 6.55. The molecule has 102 valence electrons. The molecule has 0 bridgehead atoms. The molecule has 1 saturated carbocycles. The van der Waals surface area contributed by atoms with Crippen molar-refractivity contribution in [2.24, 2.45) is 11.7 Å². The smallest absolute Gasteiger partial charge is 0.0931 e. The van der Waals surface area contributed by atoms with Gasteiger partial charge in [0.2, 0.25) is 0 Å². The molecular weight excluding hydrogens is 262 g/mol. The lowest BCUT2D eigenvalue weighted by atomic mass is 9.74. The second kappa shape index (κ2) is 6.40. The molecule has 2 rings (SSSR count). The van der Waals surface area contributed by atoms with E-state index < -0.39 is 0 Å². The molecule has 2 N–H and O–H groups in total. The molecule has 1 aromatic heterocycles. The van der Waals surface area contributed by atoms with E-state index in [1.807, 2.05) is 6.07 Å². The van der Waals surface area contributed by atoms with Gasteiger partial charge in [0.15, 0.2) is 0 Å². The monoisotopic (exact) mass is 285 g/mol. The van der Waals surface area contributed by atoms with Gasteiger partial charge >= 0.3 is 0 Å². The van der Waals surface area contributed by atoms with Gasteiger partial charge < -0.3 is 5.73 Å². The van der Waals surface area contributed by atoms with Crippen molar-refractivity contribution in [1.82, 2.24) is 0 Å². The van der Waals surface area contributed by atoms with Crippen LogP contribution in [0, 0.1) is 5.92 Å². The molecule has 0 aromatic carbocycles. The van der Waals surface area contributed by atoms with Crippen molar-refractivity contribution in [3.8, 4) is 0 Å². The van der Waals surface area contributed by atoms with E-state index in [4.69, 9.17) is 17.3 Å². The van der Waals surface area contributed by atoms with Gasteiger partial charge in [-0.2, -0.15) is 0 Å². The average Bonchev–Trinajstić information content (AvgIpc) is 2.74. The topological polar surface area (TPSA) is 26.0 Å². The van der Waals surface area contributed by atoms with Crippen LogP contribution < -0.4 is 5.73 Å². The van der Waals surface area contributed by atoms with Crippen molar-refractivity contribution in [3.05, 3.63) is 21.3 Å². The number of hydrogen-bond donors (Lipinski definition) is 1. The van der Waals surface area contributed by atoms with E-state index in [1.54, 1.807) is 11.3 Å². The van der Waals surface area contributed by atoms with E-state index in [9.17, 15) is 0 Å². The van der Waals surface area contributed by atoms with Gasteiger partial charge in [-0.1, -0.05) is 37.8 Å². The van der Waals surface area contributed by atoms with Gasteiger partial charge in [-0.05, 0) is 50.2 Å². The number of rotatable bonds is 5. The molecule has 0 aliphatic heterocycles. The summed E-state index contributed by atoms with van der Waals surface area (Å²) in [5.74, 6) is 0.925. The van der Waals surface area contributed by atoms with E-state index >= 15 is 0 Å². The minimum Gasteiger partial charge on any atom is -0.325 e. The minimum atomic E-state index is 0.0247. The maximum atomic E-state index is 6.55. The SMILES string of the molecule is CCCCC1CCC(N)(Cc2ccc(Cl)s2)CC1. The second-order valence-electron chi connectivity index (χ2n) is 5.83. The first-order valence-electron chi connectivity index (χ1n) is 7.14. The molecule has 0 atom stereocenters. The highest BCUT2D eigenvalue weighted by Crippen LogP contribution is 2.36. The zero-order chi connectivity index (χ0) is 13.0. The van der Waals surface area contributed by atoms with Crippen LogP contribution in [0.4, 0.5) is 0 Å². The fourth-order valence-electron chi connectivity index (χ4n) is 3.00. The van der Waals surface area contributed by atoms with E-state index in [0.717, 1.165) is 16.7 Å². The first kappa shape index (κ1) is 14.4. The molecule has 3 heteroatoms. The summed E-state index contributed by atoms with van der Waals surface area (Å²) in [6.45, 7) is 2.27. The Balaban J connectivity index is 1.83. The third-order valence-electron chi connectivity index (χ3n) is 4.22. The molecule has 0 spiro atoms. The molecule has 0 amide bonds. The highest BCUT2D eigenvalue weighted by molar-refractivity contribution is 7.16. The summed E-state index contributed by atoms with van der Waals surface area (Å²) in [6.07, 6.45) is 10.1. The Bertz CT molecular complexity index is 366. The van der Waals surface area contributed by atoms with E-state index in [0.29, 0.717) is 0 Å². The lowest BCUT2D eigenvalue weighted by molar-refractivity contribution is 0.222. The van der Waals surface area contributed by atoms with E-state index in [1.165, 1.54) is 49.8 Å². The summed E-state index contributed by atoms with van der Waals surface area (Å²) >= 11 is 7.66. The lowest BCUT2D eigenvalue weighted by Gasteiger charge is -2.37. The molecule has 1 aromatic rings. The van der Waals surface area contributed by atoms with Crippen LogP contribution in [-0.4, -0.2) is 5.54 Å². The summed E-state index contributed by atoms with van der Waals surface area (Å²) in [5, 5.41) is 0. The number of thiophene rings is 1. The molecular formula is C15H24ClNS. The van der Waals surface area contributed by atoms with Crippen LogP contribution in [0.1, 0.15) is 56.7 Å². The highest BCUT2D eigenvalue weighted by atomic mass is 35.5. The van der Waals surface area contributed by atoms with Crippen LogP contribution in [0.5, 0.6) is 0 Å². The average molecular weight is 286 g/mol. The van der Waals surface area contributed by atoms with Crippen molar-refractivity contribution in [2.75, 3.05) is 0 Å². The molecule has 1 fully saturated rings. The van der Waals surface area contributed by atoms with Gasteiger partial charge in [0.1, 0.15) is 0 Å². The third kappa shape index (κ3) is 3.97. The summed E-state index contributed by atoms with van der Waals surface area (Å²) in [5.41, 5.74) is 6.58. The van der Waals surface area contributed by atoms with Crippen molar-refractivity contribution >= 4 is 22.9 Å². The minimum absolute atomic E-state index is 0.0247. The molecule has 0 radical (unpaired) electrons. The quantitative estimate of drug-likeness (QED) is 0.807. The fourth-order valence-corrected chi connectivity index (χ4v) is 4.25. The number of hydrogen-bond acceptors (Lipinski definition) is 2. The Kier molecular flexibility index (Phi) is 5.11. The van der Waals surface area contributed by atoms with Crippen LogP contribution in [-0.2, 0) is 6.42 Å².